The second-order valence-corrected chi connectivity index (χ2v) is 12.9. The van der Waals surface area contributed by atoms with Crippen molar-refractivity contribution in [1.82, 2.24) is 4.90 Å². The topological polar surface area (TPSA) is 81.4 Å². The lowest BCUT2D eigenvalue weighted by Gasteiger charge is -2.38. The maximum Gasteiger partial charge on any atom is 0.335 e. The van der Waals surface area contributed by atoms with Gasteiger partial charge >= 0.3 is 5.97 Å². The van der Waals surface area contributed by atoms with E-state index in [-0.39, 0.29) is 57.4 Å². The van der Waals surface area contributed by atoms with Crippen LogP contribution in [-0.4, -0.2) is 34.8 Å². The van der Waals surface area contributed by atoms with Crippen molar-refractivity contribution in [1.29, 1.82) is 5.26 Å². The molecule has 5 nitrogen and oxygen atoms in total. The van der Waals surface area contributed by atoms with Crippen LogP contribution in [0.2, 0.25) is 10.0 Å². The number of nitriles is 1. The summed E-state index contributed by atoms with van der Waals surface area (Å²) in [5, 5.41) is 20.1. The Balaban J connectivity index is 1.77. The minimum absolute atomic E-state index is 0.0941. The summed E-state index contributed by atoms with van der Waals surface area (Å²) in [6.45, 7) is 6.22. The summed E-state index contributed by atoms with van der Waals surface area (Å²) in [6, 6.07) is 16.4. The lowest BCUT2D eigenvalue weighted by Crippen LogP contribution is -2.40. The largest absolute Gasteiger partial charge is 0.478 e. The van der Waals surface area contributed by atoms with Gasteiger partial charge in [-0.15, -0.1) is 0 Å². The van der Waals surface area contributed by atoms with Gasteiger partial charge < -0.3 is 5.11 Å². The lowest BCUT2D eigenvalue weighted by molar-refractivity contribution is -0.120. The Morgan fingerprint density at radius 1 is 1.10 bits per heavy atom. The van der Waals surface area contributed by atoms with Gasteiger partial charge in [0, 0.05) is 29.1 Å². The number of halogens is 4. The van der Waals surface area contributed by atoms with Crippen LogP contribution in [0, 0.1) is 34.3 Å². The summed E-state index contributed by atoms with van der Waals surface area (Å²) in [5.41, 5.74) is -0.656. The first kappa shape index (κ1) is 31.6. The number of nitrogens with zero attached hydrogens (tertiary/aromatic N) is 2. The summed E-state index contributed by atoms with van der Waals surface area (Å²) in [7, 11) is 0. The van der Waals surface area contributed by atoms with E-state index in [0.717, 1.165) is 11.6 Å². The van der Waals surface area contributed by atoms with Gasteiger partial charge in [0.15, 0.2) is 0 Å². The van der Waals surface area contributed by atoms with Gasteiger partial charge in [0.25, 0.3) is 0 Å². The number of hydrogen-bond acceptors (Lipinski definition) is 4. The normalized spacial score (nSPS) is 20.8. The zero-order valence-corrected chi connectivity index (χ0v) is 25.1. The molecule has 0 spiro atoms. The van der Waals surface area contributed by atoms with E-state index in [1.54, 1.807) is 23.1 Å². The van der Waals surface area contributed by atoms with Gasteiger partial charge in [-0.2, -0.15) is 5.26 Å². The molecule has 1 aliphatic rings. The molecule has 42 heavy (non-hydrogen) atoms. The highest BCUT2D eigenvalue weighted by Crippen LogP contribution is 2.56. The van der Waals surface area contributed by atoms with Crippen LogP contribution in [-0.2, 0) is 16.6 Å². The molecule has 0 bridgehead atoms. The number of likely N-dealkylation sites (tertiary alicyclic amines) is 1. The Hall–Kier alpha value is -3.31. The molecule has 3 atom stereocenters. The van der Waals surface area contributed by atoms with E-state index in [1.807, 2.05) is 20.8 Å². The zero-order valence-electron chi connectivity index (χ0n) is 23.6. The molecule has 0 amide bonds. The number of benzene rings is 3. The van der Waals surface area contributed by atoms with E-state index in [1.165, 1.54) is 36.4 Å². The maximum atomic E-state index is 15.7. The van der Waals surface area contributed by atoms with Crippen molar-refractivity contribution in [2.24, 2.45) is 11.3 Å². The molecule has 3 aromatic carbocycles. The van der Waals surface area contributed by atoms with Crippen LogP contribution in [0.5, 0.6) is 0 Å². The zero-order chi connectivity index (χ0) is 30.8. The first-order valence-electron chi connectivity index (χ1n) is 13.7. The molecule has 4 rings (SSSR count). The van der Waals surface area contributed by atoms with Crippen LogP contribution in [0.15, 0.2) is 60.7 Å². The molecule has 0 unspecified atom stereocenters. The number of aromatic carboxylic acids is 1. The summed E-state index contributed by atoms with van der Waals surface area (Å²) < 4.78 is 31.4. The van der Waals surface area contributed by atoms with E-state index in [4.69, 9.17) is 28.3 Å². The molecule has 0 aromatic heterocycles. The molecule has 220 valence electrons. The van der Waals surface area contributed by atoms with Crippen LogP contribution < -0.4 is 0 Å². The molecule has 1 fully saturated rings. The van der Waals surface area contributed by atoms with Gasteiger partial charge in [0.1, 0.15) is 22.8 Å². The highest BCUT2D eigenvalue weighted by molar-refractivity contribution is 6.31. The predicted octanol–water partition coefficient (Wildman–Crippen LogP) is 8.04. The Bertz CT molecular complexity index is 1530. The number of ketones is 1. The number of carboxylic acid groups (broad SMARTS) is 1. The molecule has 0 radical (unpaired) electrons. The van der Waals surface area contributed by atoms with Crippen LogP contribution >= 0.6 is 23.2 Å². The Morgan fingerprint density at radius 2 is 1.79 bits per heavy atom. The molecule has 9 heteroatoms. The van der Waals surface area contributed by atoms with Crippen molar-refractivity contribution < 1.29 is 23.5 Å². The Labute approximate surface area is 254 Å². The highest BCUT2D eigenvalue weighted by Gasteiger charge is 2.58. The fourth-order valence-corrected chi connectivity index (χ4v) is 6.49. The molecule has 0 saturated carbocycles. The lowest BCUT2D eigenvalue weighted by atomic mass is 9.63. The molecule has 1 saturated heterocycles. The molecule has 0 aliphatic carbocycles. The average Bonchev–Trinajstić information content (AvgIpc) is 3.20. The van der Waals surface area contributed by atoms with Crippen LogP contribution in [0.4, 0.5) is 8.78 Å². The van der Waals surface area contributed by atoms with E-state index in [2.05, 4.69) is 6.07 Å². The molecular weight excluding hydrogens is 581 g/mol. The van der Waals surface area contributed by atoms with Gasteiger partial charge in [0.05, 0.1) is 29.2 Å². The average molecular weight is 614 g/mol. The first-order chi connectivity index (χ1) is 19.8. The molecular formula is C33H32Cl2F2N2O3. The van der Waals surface area contributed by atoms with Gasteiger partial charge in [-0.25, -0.2) is 13.6 Å². The van der Waals surface area contributed by atoms with Crippen molar-refractivity contribution >= 4 is 35.0 Å². The fraction of sp³-hybridized carbons (Fsp3) is 0.364. The van der Waals surface area contributed by atoms with Crippen molar-refractivity contribution in [3.63, 3.8) is 0 Å². The van der Waals surface area contributed by atoms with Crippen molar-refractivity contribution in [2.45, 2.75) is 51.5 Å². The second kappa shape index (κ2) is 12.5. The van der Waals surface area contributed by atoms with Crippen molar-refractivity contribution in [3.05, 3.63) is 105 Å². The minimum Gasteiger partial charge on any atom is -0.478 e. The SMILES string of the molecule is CC(C)(C)C[C@@H]1CN(CC(=O)CCc2ccc(C(=O)O)cc2)[C@H](c2cccc(Cl)c2F)[C@@]1(C#N)c1ccc(Cl)cc1F. The third kappa shape index (κ3) is 6.52. The van der Waals surface area contributed by atoms with E-state index < -0.39 is 35.0 Å². The molecule has 3 aromatic rings. The number of rotatable bonds is 9. The Kier molecular flexibility index (Phi) is 9.42. The predicted molar refractivity (Wildman–Crippen MR) is 159 cm³/mol. The number of Topliss-reactive ketones (excluding diaryl/α,β-unsaturated/α-hetero) is 1. The standard InChI is InChI=1S/C33H32Cl2F2N2O3/c1-32(2,3)16-22-17-39(18-24(40)13-9-20-7-10-21(11-8-20)31(41)42)30(25-5-4-6-27(35)29(25)37)33(22,19-38)26-14-12-23(34)15-28(26)36/h4-8,10-12,14-15,22,30H,9,13,16-18H2,1-3H3,(H,41,42)/t22-,30-,33-/m1/s1. The molecule has 1 heterocycles. The minimum atomic E-state index is -1.56. The Morgan fingerprint density at radius 3 is 2.38 bits per heavy atom. The summed E-state index contributed by atoms with van der Waals surface area (Å²) in [4.78, 5) is 26.3. The van der Waals surface area contributed by atoms with E-state index in [0.29, 0.717) is 12.8 Å². The number of carbonyl (C=O) groups excluding carboxylic acids is 1. The van der Waals surface area contributed by atoms with E-state index in [9.17, 15) is 14.9 Å². The van der Waals surface area contributed by atoms with Gasteiger partial charge in [0.2, 0.25) is 0 Å². The van der Waals surface area contributed by atoms with Gasteiger partial charge in [-0.1, -0.05) is 74.3 Å². The molecule has 1 N–H and O–H groups in total. The first-order valence-corrected chi connectivity index (χ1v) is 14.4. The number of hydrogen-bond donors (Lipinski definition) is 1. The van der Waals surface area contributed by atoms with Crippen LogP contribution in [0.1, 0.15) is 66.7 Å². The van der Waals surface area contributed by atoms with Gasteiger partial charge in [-0.3, -0.25) is 9.69 Å². The van der Waals surface area contributed by atoms with Crippen molar-refractivity contribution in [2.75, 3.05) is 13.1 Å². The third-order valence-corrected chi connectivity index (χ3v) is 8.39. The van der Waals surface area contributed by atoms with Crippen LogP contribution in [0.25, 0.3) is 0 Å². The third-order valence-electron chi connectivity index (χ3n) is 7.86. The number of carbonyl (C=O) groups is 2. The summed E-state index contributed by atoms with van der Waals surface area (Å²) >= 11 is 12.3. The highest BCUT2D eigenvalue weighted by atomic mass is 35.5. The quantitative estimate of drug-likeness (QED) is 0.264. The maximum absolute atomic E-state index is 15.7. The van der Waals surface area contributed by atoms with E-state index >= 15 is 8.78 Å². The van der Waals surface area contributed by atoms with Crippen LogP contribution in [0.3, 0.4) is 0 Å². The molecule has 1 aliphatic heterocycles. The van der Waals surface area contributed by atoms with Crippen molar-refractivity contribution in [3.8, 4) is 6.07 Å². The number of carboxylic acids is 1. The number of aryl methyl sites for hydroxylation is 1. The smallest absolute Gasteiger partial charge is 0.335 e. The monoisotopic (exact) mass is 612 g/mol. The second-order valence-electron chi connectivity index (χ2n) is 12.1. The summed E-state index contributed by atoms with van der Waals surface area (Å²) in [6.07, 6.45) is 1.03. The fourth-order valence-electron chi connectivity index (χ4n) is 6.15. The summed E-state index contributed by atoms with van der Waals surface area (Å²) in [5.74, 6) is -3.03. The van der Waals surface area contributed by atoms with Gasteiger partial charge in [-0.05, 0) is 60.1 Å².